The highest BCUT2D eigenvalue weighted by atomic mass is 35.5. The van der Waals surface area contributed by atoms with Crippen LogP contribution in [0.15, 0.2) is 42.5 Å². The molecule has 2 aromatic rings. The molecule has 24 heavy (non-hydrogen) atoms. The molecule has 0 aromatic heterocycles. The molecule has 1 aliphatic heterocycles. The molecule has 0 amide bonds. The maximum absolute atomic E-state index is 12.9. The summed E-state index contributed by atoms with van der Waals surface area (Å²) in [5.74, 6) is 0.312. The van der Waals surface area contributed by atoms with E-state index in [-0.39, 0.29) is 5.82 Å². The smallest absolute Gasteiger partial charge is 0.138 e. The summed E-state index contributed by atoms with van der Waals surface area (Å²) in [5, 5.41) is 0.505. The molecule has 1 heterocycles. The van der Waals surface area contributed by atoms with Gasteiger partial charge in [-0.25, -0.2) is 4.39 Å². The summed E-state index contributed by atoms with van der Waals surface area (Å²) in [4.78, 5) is 2.88. The van der Waals surface area contributed by atoms with Gasteiger partial charge in [-0.1, -0.05) is 36.0 Å². The summed E-state index contributed by atoms with van der Waals surface area (Å²) in [5.41, 5.74) is 1.77. The monoisotopic (exact) mass is 365 g/mol. The zero-order valence-electron chi connectivity index (χ0n) is 13.0. The number of hydrogen-bond donors (Lipinski definition) is 0. The molecular formula is C18H17ClFNO2S. The molecule has 126 valence electrons. The zero-order chi connectivity index (χ0) is 16.9. The van der Waals surface area contributed by atoms with Crippen LogP contribution < -0.4 is 4.74 Å². The van der Waals surface area contributed by atoms with Crippen LogP contribution in [0.1, 0.15) is 11.1 Å². The van der Waals surface area contributed by atoms with Crippen LogP contribution >= 0.6 is 23.8 Å². The predicted octanol–water partition coefficient (Wildman–Crippen LogP) is 4.07. The van der Waals surface area contributed by atoms with Crippen LogP contribution in [0.3, 0.4) is 0 Å². The first-order valence-corrected chi connectivity index (χ1v) is 8.46. The van der Waals surface area contributed by atoms with Crippen molar-refractivity contribution in [1.29, 1.82) is 0 Å². The Morgan fingerprint density at radius 2 is 1.88 bits per heavy atom. The number of ether oxygens (including phenoxy) is 2. The molecule has 0 radical (unpaired) electrons. The van der Waals surface area contributed by atoms with Gasteiger partial charge in [0.1, 0.15) is 23.2 Å². The van der Waals surface area contributed by atoms with Gasteiger partial charge in [0.2, 0.25) is 0 Å². The highest BCUT2D eigenvalue weighted by molar-refractivity contribution is 7.80. The standard InChI is InChI=1S/C18H17ClFNO2S/c19-16-11-14(18(24)21-7-9-22-10-8-21)3-6-17(16)23-12-13-1-4-15(20)5-2-13/h1-6,11H,7-10,12H2. The minimum atomic E-state index is -0.266. The lowest BCUT2D eigenvalue weighted by Gasteiger charge is -2.29. The lowest BCUT2D eigenvalue weighted by molar-refractivity contribution is 0.0693. The first-order valence-electron chi connectivity index (χ1n) is 7.67. The third kappa shape index (κ3) is 4.23. The van der Waals surface area contributed by atoms with Gasteiger partial charge in [-0.15, -0.1) is 0 Å². The largest absolute Gasteiger partial charge is 0.487 e. The molecular weight excluding hydrogens is 349 g/mol. The van der Waals surface area contributed by atoms with Gasteiger partial charge in [-0.2, -0.15) is 0 Å². The lowest BCUT2D eigenvalue weighted by atomic mass is 10.2. The number of hydrogen-bond acceptors (Lipinski definition) is 3. The Balaban J connectivity index is 1.65. The maximum atomic E-state index is 12.9. The Morgan fingerprint density at radius 3 is 2.54 bits per heavy atom. The molecule has 1 aliphatic rings. The number of nitrogens with zero attached hydrogens (tertiary/aromatic N) is 1. The van der Waals surface area contributed by atoms with E-state index < -0.39 is 0 Å². The second kappa shape index (κ2) is 7.92. The normalized spacial score (nSPS) is 14.5. The predicted molar refractivity (Wildman–Crippen MR) is 96.3 cm³/mol. The molecule has 0 saturated carbocycles. The van der Waals surface area contributed by atoms with Gasteiger partial charge in [-0.05, 0) is 35.9 Å². The molecule has 1 saturated heterocycles. The third-order valence-corrected chi connectivity index (χ3v) is 4.57. The zero-order valence-corrected chi connectivity index (χ0v) is 14.6. The van der Waals surface area contributed by atoms with Crippen LogP contribution in [0.2, 0.25) is 5.02 Å². The average Bonchev–Trinajstić information content (AvgIpc) is 2.62. The summed E-state index contributed by atoms with van der Waals surface area (Å²) < 4.78 is 24.0. The summed E-state index contributed by atoms with van der Waals surface area (Å²) in [6, 6.07) is 11.7. The summed E-state index contributed by atoms with van der Waals surface area (Å²) in [6.45, 7) is 3.28. The van der Waals surface area contributed by atoms with Gasteiger partial charge in [-0.3, -0.25) is 0 Å². The van der Waals surface area contributed by atoms with Crippen LogP contribution in [-0.4, -0.2) is 36.2 Å². The minimum Gasteiger partial charge on any atom is -0.487 e. The number of morpholine rings is 1. The molecule has 3 nitrogen and oxygen atoms in total. The molecule has 0 atom stereocenters. The third-order valence-electron chi connectivity index (χ3n) is 3.78. The van der Waals surface area contributed by atoms with E-state index >= 15 is 0 Å². The van der Waals surface area contributed by atoms with Gasteiger partial charge < -0.3 is 14.4 Å². The van der Waals surface area contributed by atoms with Gasteiger partial charge in [0.25, 0.3) is 0 Å². The molecule has 0 spiro atoms. The lowest BCUT2D eigenvalue weighted by Crippen LogP contribution is -2.40. The van der Waals surface area contributed by atoms with E-state index in [0.717, 1.165) is 29.2 Å². The molecule has 0 N–H and O–H groups in total. The van der Waals surface area contributed by atoms with Gasteiger partial charge in [0.15, 0.2) is 0 Å². The van der Waals surface area contributed by atoms with E-state index in [2.05, 4.69) is 4.90 Å². The molecule has 0 unspecified atom stereocenters. The van der Waals surface area contributed by atoms with Crippen molar-refractivity contribution in [2.45, 2.75) is 6.61 Å². The second-order valence-electron chi connectivity index (χ2n) is 5.46. The highest BCUT2D eigenvalue weighted by Gasteiger charge is 2.16. The van der Waals surface area contributed by atoms with Crippen molar-refractivity contribution in [3.05, 3.63) is 64.4 Å². The van der Waals surface area contributed by atoms with Crippen LogP contribution in [-0.2, 0) is 11.3 Å². The van der Waals surface area contributed by atoms with Gasteiger partial charge in [0.05, 0.1) is 18.2 Å². The van der Waals surface area contributed by atoms with Crippen molar-refractivity contribution < 1.29 is 13.9 Å². The van der Waals surface area contributed by atoms with E-state index in [1.165, 1.54) is 12.1 Å². The Kier molecular flexibility index (Phi) is 5.66. The Hall–Kier alpha value is -1.69. The summed E-state index contributed by atoms with van der Waals surface area (Å²) >= 11 is 11.8. The van der Waals surface area contributed by atoms with Gasteiger partial charge >= 0.3 is 0 Å². The fourth-order valence-corrected chi connectivity index (χ4v) is 2.99. The van der Waals surface area contributed by atoms with Crippen molar-refractivity contribution in [3.63, 3.8) is 0 Å². The van der Waals surface area contributed by atoms with Crippen LogP contribution in [0.5, 0.6) is 5.75 Å². The number of benzene rings is 2. The van der Waals surface area contributed by atoms with Crippen LogP contribution in [0.4, 0.5) is 4.39 Å². The van der Waals surface area contributed by atoms with E-state index in [9.17, 15) is 4.39 Å². The fourth-order valence-electron chi connectivity index (χ4n) is 2.44. The molecule has 1 fully saturated rings. The fraction of sp³-hybridized carbons (Fsp3) is 0.278. The Labute approximate surface area is 150 Å². The quantitative estimate of drug-likeness (QED) is 0.761. The van der Waals surface area contributed by atoms with Crippen LogP contribution in [0.25, 0.3) is 0 Å². The Bertz CT molecular complexity index is 717. The van der Waals surface area contributed by atoms with Crippen molar-refractivity contribution in [1.82, 2.24) is 4.90 Å². The van der Waals surface area contributed by atoms with E-state index in [0.29, 0.717) is 30.6 Å². The van der Waals surface area contributed by atoms with Crippen LogP contribution in [0, 0.1) is 5.82 Å². The van der Waals surface area contributed by atoms with Crippen molar-refractivity contribution >= 4 is 28.8 Å². The Morgan fingerprint density at radius 1 is 1.17 bits per heavy atom. The number of halogens is 2. The first-order chi connectivity index (χ1) is 11.6. The topological polar surface area (TPSA) is 21.7 Å². The number of thiocarbonyl (C=S) groups is 1. The summed E-state index contributed by atoms with van der Waals surface area (Å²) in [6.07, 6.45) is 0. The second-order valence-corrected chi connectivity index (χ2v) is 6.26. The van der Waals surface area contributed by atoms with Gasteiger partial charge in [0, 0.05) is 18.7 Å². The van der Waals surface area contributed by atoms with E-state index in [1.54, 1.807) is 12.1 Å². The highest BCUT2D eigenvalue weighted by Crippen LogP contribution is 2.27. The van der Waals surface area contributed by atoms with E-state index in [4.69, 9.17) is 33.3 Å². The first kappa shape index (κ1) is 17.1. The minimum absolute atomic E-state index is 0.266. The molecule has 0 aliphatic carbocycles. The SMILES string of the molecule is Fc1ccc(COc2ccc(C(=S)N3CCOCC3)cc2Cl)cc1. The molecule has 6 heteroatoms. The molecule has 0 bridgehead atoms. The van der Waals surface area contributed by atoms with Crippen molar-refractivity contribution in [3.8, 4) is 5.75 Å². The molecule has 2 aromatic carbocycles. The van der Waals surface area contributed by atoms with E-state index in [1.807, 2.05) is 18.2 Å². The molecule has 3 rings (SSSR count). The maximum Gasteiger partial charge on any atom is 0.138 e. The van der Waals surface area contributed by atoms with Crippen molar-refractivity contribution in [2.75, 3.05) is 26.3 Å². The number of rotatable bonds is 4. The summed E-state index contributed by atoms with van der Waals surface area (Å²) in [7, 11) is 0. The average molecular weight is 366 g/mol. The van der Waals surface area contributed by atoms with Crippen molar-refractivity contribution in [2.24, 2.45) is 0 Å².